The third-order valence-corrected chi connectivity index (χ3v) is 7.98. The van der Waals surface area contributed by atoms with E-state index >= 15 is 0 Å². The third kappa shape index (κ3) is 2.93. The number of nitrogens with zero attached hydrogens (tertiary/aromatic N) is 4. The van der Waals surface area contributed by atoms with E-state index in [1.807, 2.05) is 0 Å². The summed E-state index contributed by atoms with van der Waals surface area (Å²) in [6, 6.07) is 46.1. The van der Waals surface area contributed by atoms with Crippen LogP contribution in [0.3, 0.4) is 0 Å². The number of benzene rings is 6. The summed E-state index contributed by atoms with van der Waals surface area (Å²) in [5, 5.41) is 27.0. The van der Waals surface area contributed by atoms with Crippen LogP contribution in [0.5, 0.6) is 0 Å². The molecule has 0 atom stereocenters. The maximum Gasteiger partial charge on any atom is 0.101 e. The molecule has 0 amide bonds. The second-order valence-corrected chi connectivity index (χ2v) is 10.0. The molecular weight excluding hydrogens is 488 g/mol. The van der Waals surface area contributed by atoms with E-state index in [-0.39, 0.29) is 0 Å². The van der Waals surface area contributed by atoms with Crippen LogP contribution < -0.4 is 0 Å². The van der Waals surface area contributed by atoms with Gasteiger partial charge in [0, 0.05) is 27.2 Å². The topological polar surface area (TPSA) is 57.4 Å². The molecule has 4 nitrogen and oxygen atoms in total. The van der Waals surface area contributed by atoms with Crippen LogP contribution in [0.15, 0.2) is 121 Å². The molecule has 184 valence electrons. The van der Waals surface area contributed by atoms with Gasteiger partial charge in [-0.1, -0.05) is 72.8 Å². The second-order valence-electron chi connectivity index (χ2n) is 10.0. The first-order valence-electron chi connectivity index (χ1n) is 13.2. The van der Waals surface area contributed by atoms with Gasteiger partial charge in [0.05, 0.1) is 38.9 Å². The van der Waals surface area contributed by atoms with E-state index in [1.54, 1.807) is 18.2 Å². The molecule has 0 aliphatic rings. The summed E-state index contributed by atoms with van der Waals surface area (Å²) in [6.07, 6.45) is 0. The van der Waals surface area contributed by atoms with E-state index < -0.39 is 0 Å². The lowest BCUT2D eigenvalue weighted by Crippen LogP contribution is -2.01. The Labute approximate surface area is 229 Å². The van der Waals surface area contributed by atoms with Crippen LogP contribution >= 0.6 is 0 Å². The number of aromatic nitrogens is 2. The number of hydrogen-bond donors (Lipinski definition) is 0. The van der Waals surface area contributed by atoms with Crippen molar-refractivity contribution in [3.05, 3.63) is 132 Å². The molecule has 0 aliphatic carbocycles. The van der Waals surface area contributed by atoms with Crippen molar-refractivity contribution in [1.82, 2.24) is 9.13 Å². The molecule has 8 aromatic rings. The van der Waals surface area contributed by atoms with Gasteiger partial charge in [0.2, 0.25) is 0 Å². The Morgan fingerprint density at radius 2 is 1.02 bits per heavy atom. The minimum absolute atomic E-state index is 0.470. The third-order valence-electron chi connectivity index (χ3n) is 7.98. The van der Waals surface area contributed by atoms with Crippen molar-refractivity contribution in [3.8, 4) is 23.5 Å². The zero-order valence-corrected chi connectivity index (χ0v) is 21.3. The van der Waals surface area contributed by atoms with E-state index in [0.717, 1.165) is 49.3 Å². The van der Waals surface area contributed by atoms with Gasteiger partial charge in [-0.15, -0.1) is 0 Å². The van der Waals surface area contributed by atoms with E-state index in [9.17, 15) is 10.5 Å². The molecule has 0 bridgehead atoms. The predicted octanol–water partition coefficient (Wildman–Crippen LogP) is 8.78. The van der Waals surface area contributed by atoms with Crippen molar-refractivity contribution in [3.63, 3.8) is 0 Å². The Morgan fingerprint density at radius 3 is 1.70 bits per heavy atom. The molecular formula is C36H20N4. The average molecular weight is 509 g/mol. The highest BCUT2D eigenvalue weighted by molar-refractivity contribution is 6.22. The Bertz CT molecular complexity index is 2320. The first-order valence-corrected chi connectivity index (χ1v) is 13.2. The zero-order valence-electron chi connectivity index (χ0n) is 21.3. The smallest absolute Gasteiger partial charge is 0.101 e. The SMILES string of the molecule is N#Cc1cccc(C#N)c1-n1c2ccc(-n3c4ccccc4c4ccccc43)cc2c2c3ccccc3ccc21. The molecule has 0 aliphatic heterocycles. The van der Waals surface area contributed by atoms with Gasteiger partial charge < -0.3 is 9.13 Å². The highest BCUT2D eigenvalue weighted by atomic mass is 15.0. The van der Waals surface area contributed by atoms with Gasteiger partial charge in [-0.05, 0) is 59.3 Å². The summed E-state index contributed by atoms with van der Waals surface area (Å²) in [6.45, 7) is 0. The standard InChI is InChI=1S/C36H20N4/c37-21-24-9-7-10-25(22-38)36(24)40-33-19-17-26(20-30(33)35-27-11-2-1-8-23(27)16-18-34(35)40)39-31-14-5-3-12-28(31)29-13-4-6-15-32(29)39/h1-20H. The summed E-state index contributed by atoms with van der Waals surface area (Å²) >= 11 is 0. The minimum Gasteiger partial charge on any atom is -0.309 e. The van der Waals surface area contributed by atoms with Crippen molar-refractivity contribution in [1.29, 1.82) is 10.5 Å². The van der Waals surface area contributed by atoms with Gasteiger partial charge in [0.25, 0.3) is 0 Å². The van der Waals surface area contributed by atoms with Gasteiger partial charge in [0.1, 0.15) is 12.1 Å². The molecule has 0 saturated heterocycles. The molecule has 0 spiro atoms. The fraction of sp³-hybridized carbons (Fsp3) is 0. The maximum atomic E-state index is 10.0. The Kier molecular flexibility index (Phi) is 4.62. The monoisotopic (exact) mass is 508 g/mol. The van der Waals surface area contributed by atoms with E-state index in [4.69, 9.17) is 0 Å². The maximum absolute atomic E-state index is 10.0. The van der Waals surface area contributed by atoms with Gasteiger partial charge in [-0.25, -0.2) is 0 Å². The van der Waals surface area contributed by atoms with Crippen molar-refractivity contribution < 1.29 is 0 Å². The summed E-state index contributed by atoms with van der Waals surface area (Å²) in [5.41, 5.74) is 6.84. The lowest BCUT2D eigenvalue weighted by molar-refractivity contribution is 1.15. The van der Waals surface area contributed by atoms with Crippen LogP contribution in [0.2, 0.25) is 0 Å². The summed E-state index contributed by atoms with van der Waals surface area (Å²) in [5.74, 6) is 0. The average Bonchev–Trinajstić information content (AvgIpc) is 3.53. The van der Waals surface area contributed by atoms with Crippen LogP contribution in [-0.4, -0.2) is 9.13 Å². The van der Waals surface area contributed by atoms with E-state index in [0.29, 0.717) is 16.8 Å². The molecule has 6 aromatic carbocycles. The van der Waals surface area contributed by atoms with Crippen molar-refractivity contribution in [2.24, 2.45) is 0 Å². The number of nitriles is 2. The molecule has 0 saturated carbocycles. The van der Waals surface area contributed by atoms with Crippen LogP contribution in [0, 0.1) is 22.7 Å². The molecule has 2 aromatic heterocycles. The van der Waals surface area contributed by atoms with E-state index in [2.05, 4.69) is 124 Å². The fourth-order valence-electron chi connectivity index (χ4n) is 6.32. The van der Waals surface area contributed by atoms with Crippen LogP contribution in [0.25, 0.3) is 65.8 Å². The Balaban J connectivity index is 1.56. The van der Waals surface area contributed by atoms with Crippen LogP contribution in [-0.2, 0) is 0 Å². The highest BCUT2D eigenvalue weighted by Gasteiger charge is 2.21. The lowest BCUT2D eigenvalue weighted by atomic mass is 10.0. The largest absolute Gasteiger partial charge is 0.309 e. The molecule has 40 heavy (non-hydrogen) atoms. The predicted molar refractivity (Wildman–Crippen MR) is 162 cm³/mol. The highest BCUT2D eigenvalue weighted by Crippen LogP contribution is 2.40. The molecule has 8 rings (SSSR count). The molecule has 0 fully saturated rings. The van der Waals surface area contributed by atoms with Gasteiger partial charge >= 0.3 is 0 Å². The summed E-state index contributed by atoms with van der Waals surface area (Å²) < 4.78 is 4.41. The number of para-hydroxylation sites is 3. The van der Waals surface area contributed by atoms with Gasteiger partial charge in [-0.3, -0.25) is 0 Å². The molecule has 4 heteroatoms. The number of rotatable bonds is 2. The quantitative estimate of drug-likeness (QED) is 0.234. The first-order chi connectivity index (χ1) is 19.8. The molecule has 0 radical (unpaired) electrons. The number of hydrogen-bond acceptors (Lipinski definition) is 2. The van der Waals surface area contributed by atoms with E-state index in [1.165, 1.54) is 10.8 Å². The van der Waals surface area contributed by atoms with Crippen LogP contribution in [0.1, 0.15) is 11.1 Å². The van der Waals surface area contributed by atoms with Crippen molar-refractivity contribution in [2.75, 3.05) is 0 Å². The Hall–Kier alpha value is -5.84. The summed E-state index contributed by atoms with van der Waals surface area (Å²) in [4.78, 5) is 0. The van der Waals surface area contributed by atoms with Crippen molar-refractivity contribution in [2.45, 2.75) is 0 Å². The normalized spacial score (nSPS) is 11.4. The first kappa shape index (κ1) is 22.2. The molecule has 0 N–H and O–H groups in total. The zero-order chi connectivity index (χ0) is 26.8. The van der Waals surface area contributed by atoms with Crippen molar-refractivity contribution >= 4 is 54.4 Å². The van der Waals surface area contributed by atoms with Gasteiger partial charge in [-0.2, -0.15) is 10.5 Å². The lowest BCUT2D eigenvalue weighted by Gasteiger charge is -2.12. The summed E-state index contributed by atoms with van der Waals surface area (Å²) in [7, 11) is 0. The second kappa shape index (κ2) is 8.33. The van der Waals surface area contributed by atoms with Crippen LogP contribution in [0.4, 0.5) is 0 Å². The fourth-order valence-corrected chi connectivity index (χ4v) is 6.32. The molecule has 2 heterocycles. The van der Waals surface area contributed by atoms with Gasteiger partial charge in [0.15, 0.2) is 0 Å². The minimum atomic E-state index is 0.470. The molecule has 0 unspecified atom stereocenters. The number of fused-ring (bicyclic) bond motifs is 8. The Morgan fingerprint density at radius 1 is 0.450 bits per heavy atom.